The van der Waals surface area contributed by atoms with Gasteiger partial charge in [0.15, 0.2) is 0 Å². The summed E-state index contributed by atoms with van der Waals surface area (Å²) in [6.45, 7) is 0. The van der Waals surface area contributed by atoms with Crippen LogP contribution in [0.3, 0.4) is 0 Å². The van der Waals surface area contributed by atoms with Crippen LogP contribution in [-0.2, 0) is 15.8 Å². The van der Waals surface area contributed by atoms with Crippen LogP contribution >= 0.6 is 11.6 Å². The Morgan fingerprint density at radius 3 is 2.19 bits per heavy atom. The second-order valence-electron chi connectivity index (χ2n) is 8.00. The SMILES string of the molecule is COc1cc(OC)c(/C(O)=C2\C(=O)C(=O)N(c3ccc(C(F)(F)F)cc3)C2c2cccc(O)c2)cc1Cl. The van der Waals surface area contributed by atoms with Gasteiger partial charge in [-0.15, -0.1) is 0 Å². The minimum atomic E-state index is -4.61. The van der Waals surface area contributed by atoms with Crippen molar-refractivity contribution in [1.29, 1.82) is 0 Å². The fraction of sp³-hybridized carbons (Fsp3) is 0.154. The number of halogens is 4. The van der Waals surface area contributed by atoms with Gasteiger partial charge in [-0.2, -0.15) is 13.2 Å². The molecule has 1 aliphatic rings. The predicted molar refractivity (Wildman–Crippen MR) is 129 cm³/mol. The summed E-state index contributed by atoms with van der Waals surface area (Å²) in [5.41, 5.74) is -1.15. The zero-order valence-corrected chi connectivity index (χ0v) is 20.1. The number of aliphatic hydroxyl groups excluding tert-OH is 1. The molecule has 3 aromatic carbocycles. The predicted octanol–water partition coefficient (Wildman–Crippen LogP) is 5.71. The number of aromatic hydroxyl groups is 1. The summed E-state index contributed by atoms with van der Waals surface area (Å²) in [4.78, 5) is 27.4. The number of ketones is 1. The number of benzene rings is 3. The van der Waals surface area contributed by atoms with Crippen LogP contribution in [0.5, 0.6) is 17.2 Å². The second-order valence-corrected chi connectivity index (χ2v) is 8.40. The van der Waals surface area contributed by atoms with Crippen LogP contribution in [0.2, 0.25) is 5.02 Å². The van der Waals surface area contributed by atoms with Gasteiger partial charge in [-0.25, -0.2) is 0 Å². The highest BCUT2D eigenvalue weighted by molar-refractivity contribution is 6.51. The monoisotopic (exact) mass is 533 g/mol. The lowest BCUT2D eigenvalue weighted by atomic mass is 9.94. The van der Waals surface area contributed by atoms with Crippen molar-refractivity contribution >= 4 is 34.7 Å². The maximum atomic E-state index is 13.3. The highest BCUT2D eigenvalue weighted by Gasteiger charge is 2.47. The molecule has 7 nitrogen and oxygen atoms in total. The topological polar surface area (TPSA) is 96.3 Å². The number of methoxy groups -OCH3 is 2. The highest BCUT2D eigenvalue weighted by atomic mass is 35.5. The zero-order chi connectivity index (χ0) is 27.1. The fourth-order valence-corrected chi connectivity index (χ4v) is 4.35. The highest BCUT2D eigenvalue weighted by Crippen LogP contribution is 2.45. The van der Waals surface area contributed by atoms with E-state index in [9.17, 15) is 33.0 Å². The number of carbonyl (C=O) groups excluding carboxylic acids is 2. The van der Waals surface area contributed by atoms with Gasteiger partial charge in [0.25, 0.3) is 11.7 Å². The first-order valence-corrected chi connectivity index (χ1v) is 11.0. The van der Waals surface area contributed by atoms with E-state index in [0.29, 0.717) is 0 Å². The van der Waals surface area contributed by atoms with Crippen LogP contribution in [-0.4, -0.2) is 36.1 Å². The van der Waals surface area contributed by atoms with Crippen molar-refractivity contribution in [2.45, 2.75) is 12.2 Å². The van der Waals surface area contributed by atoms with Gasteiger partial charge in [0.2, 0.25) is 0 Å². The maximum Gasteiger partial charge on any atom is 0.416 e. The lowest BCUT2D eigenvalue weighted by molar-refractivity contribution is -0.137. The number of hydrogen-bond acceptors (Lipinski definition) is 6. The number of amides is 1. The smallest absolute Gasteiger partial charge is 0.416 e. The second kappa shape index (κ2) is 9.70. The van der Waals surface area contributed by atoms with Gasteiger partial charge in [-0.05, 0) is 48.0 Å². The van der Waals surface area contributed by atoms with Crippen molar-refractivity contribution in [1.82, 2.24) is 0 Å². The average molecular weight is 534 g/mol. The van der Waals surface area contributed by atoms with Crippen LogP contribution in [0, 0.1) is 0 Å². The molecule has 1 heterocycles. The molecule has 192 valence electrons. The third-order valence-electron chi connectivity index (χ3n) is 5.83. The van der Waals surface area contributed by atoms with Gasteiger partial charge < -0.3 is 19.7 Å². The van der Waals surface area contributed by atoms with Gasteiger partial charge in [-0.1, -0.05) is 23.7 Å². The first-order chi connectivity index (χ1) is 17.5. The number of ether oxygens (including phenoxy) is 2. The minimum absolute atomic E-state index is 0.0242. The van der Waals surface area contributed by atoms with Crippen molar-refractivity contribution in [3.8, 4) is 17.2 Å². The van der Waals surface area contributed by atoms with Crippen molar-refractivity contribution in [3.63, 3.8) is 0 Å². The maximum absolute atomic E-state index is 13.3. The molecule has 0 aliphatic carbocycles. The molecular weight excluding hydrogens is 515 g/mol. The van der Waals surface area contributed by atoms with Crippen LogP contribution in [0.15, 0.2) is 66.2 Å². The number of phenolic OH excluding ortho intramolecular Hbond substituents is 1. The molecule has 37 heavy (non-hydrogen) atoms. The number of rotatable bonds is 5. The lowest BCUT2D eigenvalue weighted by Crippen LogP contribution is -2.29. The Bertz CT molecular complexity index is 1420. The number of nitrogens with zero attached hydrogens (tertiary/aromatic N) is 1. The molecule has 0 spiro atoms. The molecule has 4 rings (SSSR count). The van der Waals surface area contributed by atoms with Gasteiger partial charge in [0.1, 0.15) is 23.0 Å². The molecule has 1 fully saturated rings. The number of phenols is 1. The lowest BCUT2D eigenvalue weighted by Gasteiger charge is -2.26. The largest absolute Gasteiger partial charge is 0.508 e. The van der Waals surface area contributed by atoms with Crippen LogP contribution in [0.1, 0.15) is 22.7 Å². The quantitative estimate of drug-likeness (QED) is 0.248. The van der Waals surface area contributed by atoms with E-state index in [4.69, 9.17) is 21.1 Å². The summed E-state index contributed by atoms with van der Waals surface area (Å²) in [7, 11) is 2.69. The first kappa shape index (κ1) is 25.9. The van der Waals surface area contributed by atoms with E-state index in [1.165, 1.54) is 50.6 Å². The number of anilines is 1. The molecule has 0 aromatic heterocycles. The molecule has 1 atom stereocenters. The zero-order valence-electron chi connectivity index (χ0n) is 19.3. The van der Waals surface area contributed by atoms with Crippen molar-refractivity contribution < 1.29 is 42.4 Å². The van der Waals surface area contributed by atoms with Gasteiger partial charge in [0.05, 0.1) is 42.0 Å². The van der Waals surface area contributed by atoms with Crippen LogP contribution < -0.4 is 14.4 Å². The Labute approximate surface area is 213 Å². The molecule has 0 saturated carbocycles. The van der Waals surface area contributed by atoms with Crippen molar-refractivity contribution in [2.75, 3.05) is 19.1 Å². The Balaban J connectivity index is 1.96. The van der Waals surface area contributed by atoms with Crippen LogP contribution in [0.25, 0.3) is 5.76 Å². The van der Waals surface area contributed by atoms with E-state index >= 15 is 0 Å². The summed E-state index contributed by atoms with van der Waals surface area (Å²) in [5.74, 6) is -2.71. The Kier molecular flexibility index (Phi) is 6.79. The van der Waals surface area contributed by atoms with E-state index in [1.54, 1.807) is 0 Å². The van der Waals surface area contributed by atoms with E-state index in [0.717, 1.165) is 29.2 Å². The molecule has 1 unspecified atom stereocenters. The molecule has 0 bridgehead atoms. The molecule has 2 N–H and O–H groups in total. The van der Waals surface area contributed by atoms with Crippen molar-refractivity contribution in [3.05, 3.63) is 87.9 Å². The van der Waals surface area contributed by atoms with Gasteiger partial charge in [0, 0.05) is 11.8 Å². The standard InChI is InChI=1S/C26H19ClF3NO6/c1-36-19-12-20(37-2)18(27)11-17(19)23(33)21-22(13-4-3-5-16(32)10-13)31(25(35)24(21)34)15-8-6-14(7-9-15)26(28,29)30/h3-12,22,32-33H,1-2H3/b23-21+. The third kappa shape index (κ3) is 4.67. The van der Waals surface area contributed by atoms with Crippen LogP contribution in [0.4, 0.5) is 18.9 Å². The van der Waals surface area contributed by atoms with Crippen molar-refractivity contribution in [2.24, 2.45) is 0 Å². The summed E-state index contributed by atoms with van der Waals surface area (Å²) in [6.07, 6.45) is -4.61. The summed E-state index contributed by atoms with van der Waals surface area (Å²) >= 11 is 6.22. The Morgan fingerprint density at radius 1 is 0.973 bits per heavy atom. The molecule has 0 radical (unpaired) electrons. The van der Waals surface area contributed by atoms with Gasteiger partial charge >= 0.3 is 6.18 Å². The third-order valence-corrected chi connectivity index (χ3v) is 6.13. The first-order valence-electron chi connectivity index (χ1n) is 10.7. The molecule has 11 heteroatoms. The van der Waals surface area contributed by atoms with E-state index in [2.05, 4.69) is 0 Å². The van der Waals surface area contributed by atoms with E-state index < -0.39 is 35.2 Å². The molecule has 1 amide bonds. The average Bonchev–Trinajstić information content (AvgIpc) is 3.13. The fourth-order valence-electron chi connectivity index (χ4n) is 4.11. The number of carbonyl (C=O) groups is 2. The number of Topliss-reactive ketones (excluding diaryl/α,β-unsaturated/α-hetero) is 1. The summed E-state index contributed by atoms with van der Waals surface area (Å²) in [6, 6.07) is 10.6. The normalized spacial score (nSPS) is 17.2. The Morgan fingerprint density at radius 2 is 1.62 bits per heavy atom. The summed E-state index contributed by atoms with van der Waals surface area (Å²) in [5, 5.41) is 21.5. The van der Waals surface area contributed by atoms with Gasteiger partial charge in [-0.3, -0.25) is 14.5 Å². The minimum Gasteiger partial charge on any atom is -0.508 e. The molecule has 1 saturated heterocycles. The Hall–Kier alpha value is -4.18. The van der Waals surface area contributed by atoms with E-state index in [1.807, 2.05) is 0 Å². The molecule has 1 aliphatic heterocycles. The molecule has 3 aromatic rings. The summed E-state index contributed by atoms with van der Waals surface area (Å²) < 4.78 is 49.8. The number of alkyl halides is 3. The number of aliphatic hydroxyl groups is 1. The molecular formula is C26H19ClF3NO6. The van der Waals surface area contributed by atoms with E-state index in [-0.39, 0.29) is 44.7 Å². The number of hydrogen-bond donors (Lipinski definition) is 2.